The van der Waals surface area contributed by atoms with Crippen molar-refractivity contribution in [2.24, 2.45) is 7.05 Å². The van der Waals surface area contributed by atoms with Crippen molar-refractivity contribution in [3.63, 3.8) is 0 Å². The lowest BCUT2D eigenvalue weighted by molar-refractivity contribution is -0.671. The highest BCUT2D eigenvalue weighted by atomic mass is 32.2. The minimum atomic E-state index is -4.13. The Hall–Kier alpha value is -1.72. The van der Waals surface area contributed by atoms with Crippen molar-refractivity contribution in [3.05, 3.63) is 66.5 Å². The summed E-state index contributed by atoms with van der Waals surface area (Å²) in [7, 11) is -2.13. The highest BCUT2D eigenvalue weighted by molar-refractivity contribution is 7.84. The van der Waals surface area contributed by atoms with E-state index in [1.807, 2.05) is 42.2 Å². The van der Waals surface area contributed by atoms with Crippen LogP contribution in [-0.2, 0) is 22.9 Å². The zero-order chi connectivity index (χ0) is 13.4. The molecule has 0 bridgehead atoms. The molecule has 0 N–H and O–H groups in total. The Morgan fingerprint density at radius 1 is 1.00 bits per heavy atom. The van der Waals surface area contributed by atoms with E-state index < -0.39 is 15.9 Å². The third kappa shape index (κ3) is 6.78. The van der Waals surface area contributed by atoms with E-state index in [2.05, 4.69) is 0 Å². The molecule has 0 atom stereocenters. The van der Waals surface area contributed by atoms with Crippen LogP contribution in [0.3, 0.4) is 0 Å². The van der Waals surface area contributed by atoms with Gasteiger partial charge in [0.05, 0.1) is 15.9 Å². The van der Waals surface area contributed by atoms with Crippen LogP contribution in [0, 0.1) is 0 Å². The number of aromatic nitrogens is 1. The summed E-state index contributed by atoms with van der Waals surface area (Å²) in [6.45, 7) is 0. The van der Waals surface area contributed by atoms with E-state index >= 15 is 0 Å². The largest absolute Gasteiger partial charge is 0.748 e. The Morgan fingerprint density at radius 3 is 1.89 bits per heavy atom. The van der Waals surface area contributed by atoms with Gasteiger partial charge < -0.3 is 4.55 Å². The lowest BCUT2D eigenvalue weighted by Gasteiger charge is -2.05. The molecule has 96 valence electrons. The van der Waals surface area contributed by atoms with Gasteiger partial charge in [0.25, 0.3) is 0 Å². The first kappa shape index (κ1) is 14.3. The second kappa shape index (κ2) is 6.88. The van der Waals surface area contributed by atoms with E-state index in [1.54, 1.807) is 30.3 Å². The quantitative estimate of drug-likeness (QED) is 0.606. The van der Waals surface area contributed by atoms with Crippen LogP contribution in [-0.4, -0.2) is 13.0 Å². The highest BCUT2D eigenvalue weighted by Crippen LogP contribution is 2.02. The zero-order valence-corrected chi connectivity index (χ0v) is 10.9. The molecule has 0 fully saturated rings. The molecule has 5 heteroatoms. The Morgan fingerprint density at radius 2 is 1.50 bits per heavy atom. The van der Waals surface area contributed by atoms with Crippen LogP contribution < -0.4 is 4.57 Å². The van der Waals surface area contributed by atoms with Crippen molar-refractivity contribution in [1.82, 2.24) is 0 Å². The van der Waals surface area contributed by atoms with Gasteiger partial charge in [0.2, 0.25) is 0 Å². The monoisotopic (exact) mass is 265 g/mol. The number of pyridine rings is 1. The number of nitrogens with zero attached hydrogens (tertiary/aromatic N) is 1. The van der Waals surface area contributed by atoms with Gasteiger partial charge in [-0.2, -0.15) is 0 Å². The molecular weight excluding hydrogens is 250 g/mol. The predicted octanol–water partition coefficient (Wildman–Crippen LogP) is 1.24. The van der Waals surface area contributed by atoms with E-state index in [4.69, 9.17) is 0 Å². The summed E-state index contributed by atoms with van der Waals surface area (Å²) in [5.41, 5.74) is 0.530. The second-order valence-electron chi connectivity index (χ2n) is 3.73. The van der Waals surface area contributed by atoms with Gasteiger partial charge in [0.1, 0.15) is 7.05 Å². The summed E-state index contributed by atoms with van der Waals surface area (Å²) < 4.78 is 32.7. The van der Waals surface area contributed by atoms with Gasteiger partial charge in [-0.15, -0.1) is 0 Å². The van der Waals surface area contributed by atoms with Gasteiger partial charge in [0.15, 0.2) is 12.4 Å². The van der Waals surface area contributed by atoms with Crippen molar-refractivity contribution in [1.29, 1.82) is 0 Å². The first-order valence-electron chi connectivity index (χ1n) is 5.35. The number of aryl methyl sites for hydroxylation is 1. The van der Waals surface area contributed by atoms with Gasteiger partial charge in [-0.05, 0) is 5.56 Å². The maximum absolute atomic E-state index is 10.2. The maximum Gasteiger partial charge on any atom is 0.168 e. The van der Waals surface area contributed by atoms with Crippen molar-refractivity contribution in [2.45, 2.75) is 5.75 Å². The molecule has 0 amide bonds. The zero-order valence-electron chi connectivity index (χ0n) is 10.1. The topological polar surface area (TPSA) is 61.1 Å². The molecule has 0 unspecified atom stereocenters. The van der Waals surface area contributed by atoms with E-state index in [1.165, 1.54) is 0 Å². The van der Waals surface area contributed by atoms with Gasteiger partial charge >= 0.3 is 0 Å². The number of hydrogen-bond acceptors (Lipinski definition) is 3. The average Bonchev–Trinajstić information content (AvgIpc) is 2.30. The molecule has 1 aromatic carbocycles. The summed E-state index contributed by atoms with van der Waals surface area (Å²) in [5.74, 6) is -0.423. The normalized spacial score (nSPS) is 10.3. The Balaban J connectivity index is 0.000000199. The summed E-state index contributed by atoms with van der Waals surface area (Å²) in [4.78, 5) is 0. The lowest BCUT2D eigenvalue weighted by atomic mass is 10.2. The molecule has 0 saturated carbocycles. The molecule has 0 spiro atoms. The van der Waals surface area contributed by atoms with Crippen LogP contribution in [0.2, 0.25) is 0 Å². The summed E-state index contributed by atoms with van der Waals surface area (Å²) >= 11 is 0. The SMILES string of the molecule is C[n+]1ccccc1.O=S(=O)([O-])Cc1ccccc1. The molecule has 2 rings (SSSR count). The molecule has 2 aromatic rings. The van der Waals surface area contributed by atoms with Gasteiger partial charge in [-0.25, -0.2) is 13.0 Å². The summed E-state index contributed by atoms with van der Waals surface area (Å²) in [5, 5.41) is 0. The number of hydrogen-bond donors (Lipinski definition) is 0. The second-order valence-corrected chi connectivity index (χ2v) is 5.13. The fraction of sp³-hybridized carbons (Fsp3) is 0.154. The van der Waals surface area contributed by atoms with Gasteiger partial charge in [-0.3, -0.25) is 0 Å². The van der Waals surface area contributed by atoms with Crippen LogP contribution >= 0.6 is 0 Å². The van der Waals surface area contributed by atoms with E-state index in [0.29, 0.717) is 5.56 Å². The third-order valence-electron chi connectivity index (χ3n) is 2.05. The molecule has 0 aliphatic carbocycles. The fourth-order valence-electron chi connectivity index (χ4n) is 1.26. The average molecular weight is 265 g/mol. The summed E-state index contributed by atoms with van der Waals surface area (Å²) in [6, 6.07) is 14.4. The highest BCUT2D eigenvalue weighted by Gasteiger charge is 1.95. The standard InChI is InChI=1S/C7H8O3S.C6H8N/c8-11(9,10)6-7-4-2-1-3-5-7;1-7-5-3-2-4-6-7/h1-5H,6H2,(H,8,9,10);2-6H,1H3/q;+1/p-1. The van der Waals surface area contributed by atoms with Gasteiger partial charge in [-0.1, -0.05) is 36.4 Å². The minimum Gasteiger partial charge on any atom is -0.748 e. The van der Waals surface area contributed by atoms with Crippen LogP contribution in [0.15, 0.2) is 60.9 Å². The van der Waals surface area contributed by atoms with Crippen molar-refractivity contribution < 1.29 is 17.5 Å². The van der Waals surface area contributed by atoms with Crippen LogP contribution in [0.25, 0.3) is 0 Å². The number of rotatable bonds is 2. The maximum atomic E-state index is 10.2. The van der Waals surface area contributed by atoms with Crippen LogP contribution in [0.1, 0.15) is 5.56 Å². The Bertz CT molecular complexity index is 553. The van der Waals surface area contributed by atoms with Crippen molar-refractivity contribution in [2.75, 3.05) is 0 Å². The van der Waals surface area contributed by atoms with E-state index in [9.17, 15) is 13.0 Å². The van der Waals surface area contributed by atoms with Crippen LogP contribution in [0.4, 0.5) is 0 Å². The molecular formula is C13H15NO3S. The predicted molar refractivity (Wildman–Crippen MR) is 67.5 cm³/mol. The molecule has 0 aliphatic heterocycles. The smallest absolute Gasteiger partial charge is 0.168 e. The van der Waals surface area contributed by atoms with Gasteiger partial charge in [0, 0.05) is 12.1 Å². The van der Waals surface area contributed by atoms with Crippen molar-refractivity contribution in [3.8, 4) is 0 Å². The molecule has 1 aromatic heterocycles. The molecule has 18 heavy (non-hydrogen) atoms. The first-order valence-corrected chi connectivity index (χ1v) is 6.93. The molecule has 0 aliphatic rings. The first-order chi connectivity index (χ1) is 8.47. The minimum absolute atomic E-state index is 0.423. The van der Waals surface area contributed by atoms with Crippen LogP contribution in [0.5, 0.6) is 0 Å². The number of benzene rings is 1. The summed E-state index contributed by atoms with van der Waals surface area (Å²) in [6.07, 6.45) is 4.00. The third-order valence-corrected chi connectivity index (χ3v) is 2.74. The lowest BCUT2D eigenvalue weighted by Crippen LogP contribution is -2.25. The Kier molecular flexibility index (Phi) is 5.48. The molecule has 0 radical (unpaired) electrons. The fourth-order valence-corrected chi connectivity index (χ4v) is 1.86. The molecule has 0 saturated heterocycles. The molecule has 1 heterocycles. The molecule has 4 nitrogen and oxygen atoms in total. The van der Waals surface area contributed by atoms with E-state index in [0.717, 1.165) is 0 Å². The Labute approximate surface area is 107 Å². The van der Waals surface area contributed by atoms with Crippen molar-refractivity contribution >= 4 is 10.1 Å². The van der Waals surface area contributed by atoms with E-state index in [-0.39, 0.29) is 0 Å².